The van der Waals surface area contributed by atoms with Gasteiger partial charge in [-0.2, -0.15) is 0 Å². The van der Waals surface area contributed by atoms with E-state index in [0.29, 0.717) is 32.4 Å². The smallest absolute Gasteiger partial charge is 0.249 e. The lowest BCUT2D eigenvalue weighted by molar-refractivity contribution is -0.131. The van der Waals surface area contributed by atoms with E-state index >= 15 is 0 Å². The average molecular weight is 401 g/mol. The molecule has 2 aromatic heterocycles. The second-order valence-corrected chi connectivity index (χ2v) is 9.43. The zero-order chi connectivity index (χ0) is 19.9. The van der Waals surface area contributed by atoms with Crippen molar-refractivity contribution in [3.05, 3.63) is 42.4 Å². The minimum absolute atomic E-state index is 0.00645. The van der Waals surface area contributed by atoms with E-state index in [0.717, 1.165) is 16.5 Å². The number of fused-ring (bicyclic) bond motifs is 1. The number of aryl methyl sites for hydroxylation is 2. The van der Waals surface area contributed by atoms with Crippen LogP contribution in [-0.2, 0) is 35.1 Å². The molecule has 1 aliphatic heterocycles. The van der Waals surface area contributed by atoms with Gasteiger partial charge in [-0.25, -0.2) is 8.42 Å². The van der Waals surface area contributed by atoms with Crippen LogP contribution in [0.4, 0.5) is 0 Å². The highest BCUT2D eigenvalue weighted by molar-refractivity contribution is 7.91. The fraction of sp³-hybridized carbons (Fsp3) is 0.421. The van der Waals surface area contributed by atoms with Crippen LogP contribution < -0.4 is 0 Å². The summed E-state index contributed by atoms with van der Waals surface area (Å²) in [4.78, 5) is 14.6. The van der Waals surface area contributed by atoms with E-state index in [1.165, 1.54) is 10.9 Å². The Kier molecular flexibility index (Phi) is 4.70. The van der Waals surface area contributed by atoms with Gasteiger partial charge in [0.25, 0.3) is 0 Å². The summed E-state index contributed by atoms with van der Waals surface area (Å²) in [5.74, 6) is 0.0332. The first-order chi connectivity index (χ1) is 13.4. The number of carbonyl (C=O) groups is 1. The molecule has 1 fully saturated rings. The first kappa shape index (κ1) is 18.7. The number of carbonyl (C=O) groups excluding carboxylic acids is 1. The standard InChI is InChI=1S/C19H23N5O3S/c1-22-12-14(16-5-3-4-6-17(16)22)11-18(25)24-9-7-15(8-10-24)28(26,27)19-21-20-13-23(19)2/h3-6,12-13,15H,7-11H2,1-2H3. The first-order valence-corrected chi connectivity index (χ1v) is 10.8. The second kappa shape index (κ2) is 7.05. The number of sulfone groups is 1. The Bertz CT molecular complexity index is 1120. The van der Waals surface area contributed by atoms with Crippen molar-refractivity contribution in [2.45, 2.75) is 29.7 Å². The molecule has 0 radical (unpaired) electrons. The second-order valence-electron chi connectivity index (χ2n) is 7.31. The van der Waals surface area contributed by atoms with Gasteiger partial charge in [0.15, 0.2) is 0 Å². The molecule has 148 valence electrons. The van der Waals surface area contributed by atoms with Gasteiger partial charge in [-0.1, -0.05) is 18.2 Å². The molecular formula is C19H23N5O3S. The zero-order valence-electron chi connectivity index (χ0n) is 15.9. The fourth-order valence-electron chi connectivity index (χ4n) is 3.94. The highest BCUT2D eigenvalue weighted by Crippen LogP contribution is 2.25. The maximum Gasteiger partial charge on any atom is 0.249 e. The van der Waals surface area contributed by atoms with Crippen LogP contribution in [0.15, 0.2) is 41.9 Å². The summed E-state index contributed by atoms with van der Waals surface area (Å²) in [5.41, 5.74) is 2.09. The first-order valence-electron chi connectivity index (χ1n) is 9.26. The van der Waals surface area contributed by atoms with Gasteiger partial charge < -0.3 is 14.0 Å². The van der Waals surface area contributed by atoms with Gasteiger partial charge in [-0.05, 0) is 24.5 Å². The molecule has 9 heteroatoms. The largest absolute Gasteiger partial charge is 0.350 e. The Morgan fingerprint density at radius 2 is 1.86 bits per heavy atom. The van der Waals surface area contributed by atoms with Gasteiger partial charge in [0.1, 0.15) is 6.33 Å². The molecule has 1 aliphatic rings. The van der Waals surface area contributed by atoms with Gasteiger partial charge in [-0.15, -0.1) is 10.2 Å². The lowest BCUT2D eigenvalue weighted by Gasteiger charge is -2.31. The van der Waals surface area contributed by atoms with Crippen LogP contribution in [0.5, 0.6) is 0 Å². The van der Waals surface area contributed by atoms with Crippen molar-refractivity contribution in [1.29, 1.82) is 0 Å². The van der Waals surface area contributed by atoms with Crippen molar-refractivity contribution in [2.75, 3.05) is 13.1 Å². The molecule has 0 spiro atoms. The van der Waals surface area contributed by atoms with Crippen LogP contribution in [0.1, 0.15) is 18.4 Å². The van der Waals surface area contributed by atoms with E-state index in [4.69, 9.17) is 0 Å². The topological polar surface area (TPSA) is 90.1 Å². The maximum atomic E-state index is 12.8. The number of para-hydroxylation sites is 1. The molecule has 1 amide bonds. The predicted octanol–water partition coefficient (Wildman–Crippen LogP) is 1.31. The third-order valence-corrected chi connectivity index (χ3v) is 7.71. The molecule has 0 atom stereocenters. The van der Waals surface area contributed by atoms with Crippen LogP contribution in [0.2, 0.25) is 0 Å². The number of amides is 1. The third-order valence-electron chi connectivity index (χ3n) is 5.48. The Morgan fingerprint density at radius 3 is 2.54 bits per heavy atom. The SMILES string of the molecule is Cn1cnnc1S(=O)(=O)C1CCN(C(=O)Cc2cn(C)c3ccccc23)CC1. The molecule has 1 saturated heterocycles. The molecular weight excluding hydrogens is 378 g/mol. The minimum Gasteiger partial charge on any atom is -0.350 e. The summed E-state index contributed by atoms with van der Waals surface area (Å²) in [6.07, 6.45) is 4.53. The van der Waals surface area contributed by atoms with Crippen LogP contribution in [0.3, 0.4) is 0 Å². The number of nitrogens with zero attached hydrogens (tertiary/aromatic N) is 5. The Hall–Kier alpha value is -2.68. The van der Waals surface area contributed by atoms with E-state index in [9.17, 15) is 13.2 Å². The number of aromatic nitrogens is 4. The van der Waals surface area contributed by atoms with E-state index in [2.05, 4.69) is 10.2 Å². The van der Waals surface area contributed by atoms with Crippen LogP contribution in [0.25, 0.3) is 10.9 Å². The summed E-state index contributed by atoms with van der Waals surface area (Å²) >= 11 is 0. The normalized spacial score (nSPS) is 16.0. The van der Waals surface area contributed by atoms with Crippen molar-refractivity contribution in [1.82, 2.24) is 24.2 Å². The zero-order valence-corrected chi connectivity index (χ0v) is 16.8. The van der Waals surface area contributed by atoms with Crippen LogP contribution >= 0.6 is 0 Å². The molecule has 0 unspecified atom stereocenters. The Morgan fingerprint density at radius 1 is 1.14 bits per heavy atom. The summed E-state index contributed by atoms with van der Waals surface area (Å²) < 4.78 is 29.0. The van der Waals surface area contributed by atoms with Crippen molar-refractivity contribution in [3.8, 4) is 0 Å². The molecule has 0 saturated carbocycles. The van der Waals surface area contributed by atoms with Crippen molar-refractivity contribution >= 4 is 26.6 Å². The highest BCUT2D eigenvalue weighted by Gasteiger charge is 2.35. The van der Waals surface area contributed by atoms with Crippen LogP contribution in [-0.4, -0.2) is 56.9 Å². The fourth-order valence-corrected chi connectivity index (χ4v) is 5.68. The van der Waals surface area contributed by atoms with E-state index in [1.54, 1.807) is 11.9 Å². The number of benzene rings is 1. The highest BCUT2D eigenvalue weighted by atomic mass is 32.2. The van der Waals surface area contributed by atoms with Gasteiger partial charge in [0, 0.05) is 44.3 Å². The molecule has 4 rings (SSSR count). The third kappa shape index (κ3) is 3.19. The van der Waals surface area contributed by atoms with Crippen LogP contribution in [0, 0.1) is 0 Å². The minimum atomic E-state index is -3.53. The molecule has 0 aliphatic carbocycles. The lowest BCUT2D eigenvalue weighted by Crippen LogP contribution is -2.43. The van der Waals surface area contributed by atoms with Gasteiger partial charge in [0.2, 0.25) is 20.9 Å². The number of hydrogen-bond acceptors (Lipinski definition) is 5. The summed E-state index contributed by atoms with van der Waals surface area (Å²) in [6, 6.07) is 8.01. The van der Waals surface area contributed by atoms with Crippen molar-refractivity contribution in [3.63, 3.8) is 0 Å². The molecule has 3 aromatic rings. The van der Waals surface area contributed by atoms with Gasteiger partial charge in [-0.3, -0.25) is 4.79 Å². The number of likely N-dealkylation sites (tertiary alicyclic amines) is 1. The molecule has 1 aromatic carbocycles. The Balaban J connectivity index is 1.44. The lowest BCUT2D eigenvalue weighted by atomic mass is 10.1. The summed E-state index contributed by atoms with van der Waals surface area (Å²) in [7, 11) is 0.0573. The van der Waals surface area contributed by atoms with E-state index in [1.807, 2.05) is 42.1 Å². The van der Waals surface area contributed by atoms with Crippen molar-refractivity contribution in [2.24, 2.45) is 14.1 Å². The monoisotopic (exact) mass is 401 g/mol. The molecule has 8 nitrogen and oxygen atoms in total. The summed E-state index contributed by atoms with van der Waals surface area (Å²) in [6.45, 7) is 0.872. The van der Waals surface area contributed by atoms with E-state index in [-0.39, 0.29) is 11.1 Å². The molecule has 0 N–H and O–H groups in total. The number of piperidine rings is 1. The molecule has 3 heterocycles. The average Bonchev–Trinajstić information content (AvgIpc) is 3.26. The van der Waals surface area contributed by atoms with E-state index < -0.39 is 15.1 Å². The van der Waals surface area contributed by atoms with Crippen molar-refractivity contribution < 1.29 is 13.2 Å². The Labute approximate surface area is 163 Å². The maximum absolute atomic E-state index is 12.8. The number of rotatable bonds is 4. The molecule has 0 bridgehead atoms. The predicted molar refractivity (Wildman–Crippen MR) is 104 cm³/mol. The number of hydrogen-bond donors (Lipinski definition) is 0. The van der Waals surface area contributed by atoms with Gasteiger partial charge in [0.05, 0.1) is 11.7 Å². The van der Waals surface area contributed by atoms with Gasteiger partial charge >= 0.3 is 0 Å². The molecule has 28 heavy (non-hydrogen) atoms. The summed E-state index contributed by atoms with van der Waals surface area (Å²) in [5, 5.41) is 7.96. The quantitative estimate of drug-likeness (QED) is 0.658.